The third kappa shape index (κ3) is 20.8. The van der Waals surface area contributed by atoms with E-state index in [2.05, 4.69) is 61.3 Å². The van der Waals surface area contributed by atoms with Crippen molar-refractivity contribution < 1.29 is 70.7 Å². The molecule has 0 bridgehead atoms. The van der Waals surface area contributed by atoms with Gasteiger partial charge in [0, 0.05) is 64.2 Å². The first-order chi connectivity index (χ1) is 30.4. The zero-order chi connectivity index (χ0) is 46.0. The SMILES string of the molecule is CO.CO.Cc1cc(C=NCc2ccccn2)c([O-])c(CN(CC[NH+](Cc2ccccc2)Cc2cc(C)cc(C=NCc3ccccn3)c2[O-])Cc2ccccc2)c1.[Ni+2].[O-][Cl+3]([O-])([O-])[O-]. The molecule has 2 aromatic heterocycles. The van der Waals surface area contributed by atoms with E-state index in [0.29, 0.717) is 50.4 Å². The predicted molar refractivity (Wildman–Crippen MR) is 229 cm³/mol. The number of aliphatic hydroxyl groups excluding tert-OH is 2. The van der Waals surface area contributed by atoms with Crippen LogP contribution in [-0.2, 0) is 55.8 Å². The molecule has 342 valence electrons. The van der Waals surface area contributed by atoms with Gasteiger partial charge in [-0.25, -0.2) is 18.6 Å². The molecule has 0 aliphatic heterocycles. The maximum absolute atomic E-state index is 13.8. The average molecular weight is 938 g/mol. The van der Waals surface area contributed by atoms with Crippen molar-refractivity contribution in [2.45, 2.75) is 53.1 Å². The topological polar surface area (TPSA) is 237 Å². The molecular formula is C48H55ClN6NiO8. The maximum atomic E-state index is 13.8. The van der Waals surface area contributed by atoms with Gasteiger partial charge in [-0.2, -0.15) is 0 Å². The molecule has 3 N–H and O–H groups in total. The second-order valence-corrected chi connectivity index (χ2v) is 14.9. The van der Waals surface area contributed by atoms with Crippen molar-refractivity contribution in [2.24, 2.45) is 9.98 Å². The second-order valence-electron chi connectivity index (χ2n) is 14.2. The Morgan fingerprint density at radius 1 is 0.594 bits per heavy atom. The van der Waals surface area contributed by atoms with Gasteiger partial charge in [0.05, 0.1) is 31.0 Å². The first kappa shape index (κ1) is 54.7. The number of benzene rings is 4. The standard InChI is InChI=1S/C46H48N6O2.2CH4O.ClHO4.Ni/c1-35-23-39(27-47-29-43-17-9-11-19-49-43)45(53)41(25-35)33-51(31-37-13-5-3-6-14-37)21-22-52(32-38-15-7-4-8-16-38)34-42-26-36(2)24-40(46(42)54)28-48-30-44-18-10-12-20-50-44;2*1-2;2-1(3,4)5;/h3-20,23-28,53-54H,21-22,29-34H2,1-2H3;2*2H,1H3;(H,2,3,4,5);/q;;;;+2/p-2. The summed E-state index contributed by atoms with van der Waals surface area (Å²) < 4.78 is 34.0. The van der Waals surface area contributed by atoms with Crippen molar-refractivity contribution in [1.29, 1.82) is 0 Å². The number of halogens is 1. The van der Waals surface area contributed by atoms with E-state index < -0.39 is 10.2 Å². The third-order valence-corrected chi connectivity index (χ3v) is 9.26. The fourth-order valence-electron chi connectivity index (χ4n) is 6.66. The Morgan fingerprint density at radius 2 is 1.03 bits per heavy atom. The zero-order valence-electron chi connectivity index (χ0n) is 36.3. The summed E-state index contributed by atoms with van der Waals surface area (Å²) in [7, 11) is -2.94. The molecule has 1 unspecified atom stereocenters. The number of aliphatic imine (C=N–C) groups is 2. The van der Waals surface area contributed by atoms with Crippen LogP contribution in [0.4, 0.5) is 0 Å². The number of nitrogens with one attached hydrogen (secondary N) is 1. The van der Waals surface area contributed by atoms with Crippen LogP contribution in [-0.4, -0.2) is 64.8 Å². The Kier molecular flexibility index (Phi) is 25.5. The zero-order valence-corrected chi connectivity index (χ0v) is 38.0. The molecule has 14 nitrogen and oxygen atoms in total. The van der Waals surface area contributed by atoms with E-state index in [9.17, 15) is 10.2 Å². The number of aryl methyl sites for hydroxylation is 2. The van der Waals surface area contributed by atoms with Crippen LogP contribution in [0, 0.1) is 24.1 Å². The Bertz CT molecular complexity index is 2100. The molecular weight excluding hydrogens is 883 g/mol. The van der Waals surface area contributed by atoms with Crippen molar-refractivity contribution in [3.05, 3.63) is 190 Å². The molecule has 0 amide bonds. The van der Waals surface area contributed by atoms with Crippen molar-refractivity contribution in [3.8, 4) is 11.5 Å². The first-order valence-electron chi connectivity index (χ1n) is 19.9. The van der Waals surface area contributed by atoms with Gasteiger partial charge >= 0.3 is 16.5 Å². The van der Waals surface area contributed by atoms with Crippen LogP contribution in [0.25, 0.3) is 0 Å². The summed E-state index contributed by atoms with van der Waals surface area (Å²) in [6.45, 7) is 8.83. The number of nitrogens with zero attached hydrogens (tertiary/aromatic N) is 5. The molecule has 2 heterocycles. The summed E-state index contributed by atoms with van der Waals surface area (Å²) in [5.74, 6) is -0.00464. The summed E-state index contributed by atoms with van der Waals surface area (Å²) in [5, 5.41) is 41.7. The van der Waals surface area contributed by atoms with Gasteiger partial charge < -0.3 is 25.3 Å². The van der Waals surface area contributed by atoms with Gasteiger partial charge in [-0.3, -0.25) is 24.9 Å². The third-order valence-electron chi connectivity index (χ3n) is 9.26. The summed E-state index contributed by atoms with van der Waals surface area (Å²) in [4.78, 5) is 21.4. The number of quaternary nitrogens is 1. The van der Waals surface area contributed by atoms with Crippen LogP contribution in [0.3, 0.4) is 0 Å². The minimum atomic E-state index is -4.94. The summed E-state index contributed by atoms with van der Waals surface area (Å²) in [5.41, 5.74) is 8.81. The van der Waals surface area contributed by atoms with E-state index in [-0.39, 0.29) is 28.0 Å². The largest absolute Gasteiger partial charge is 2.00 e. The molecule has 0 spiro atoms. The fraction of sp³-hybridized carbons (Fsp3) is 0.250. The van der Waals surface area contributed by atoms with Gasteiger partial charge in [-0.05, 0) is 65.9 Å². The molecule has 0 saturated carbocycles. The van der Waals surface area contributed by atoms with Crippen molar-refractivity contribution in [1.82, 2.24) is 14.9 Å². The van der Waals surface area contributed by atoms with Crippen LogP contribution in [0.1, 0.15) is 55.9 Å². The summed E-state index contributed by atoms with van der Waals surface area (Å²) >= 11 is 0. The fourth-order valence-corrected chi connectivity index (χ4v) is 6.66. The number of pyridine rings is 2. The van der Waals surface area contributed by atoms with E-state index in [0.717, 1.165) is 61.0 Å². The Morgan fingerprint density at radius 3 is 1.50 bits per heavy atom. The molecule has 16 heteroatoms. The van der Waals surface area contributed by atoms with E-state index in [4.69, 9.17) is 28.8 Å². The molecule has 64 heavy (non-hydrogen) atoms. The number of rotatable bonds is 17. The minimum Gasteiger partial charge on any atom is -0.872 e. The van der Waals surface area contributed by atoms with Crippen molar-refractivity contribution in [3.63, 3.8) is 0 Å². The Hall–Kier alpha value is -5.42. The number of aliphatic hydroxyl groups is 2. The van der Waals surface area contributed by atoms with Crippen molar-refractivity contribution in [2.75, 3.05) is 27.3 Å². The molecule has 0 aliphatic rings. The number of hydrogen-bond donors (Lipinski definition) is 3. The van der Waals surface area contributed by atoms with Gasteiger partial charge in [-0.1, -0.05) is 120 Å². The monoisotopic (exact) mass is 936 g/mol. The quantitative estimate of drug-likeness (QED) is 0.0827. The Balaban J connectivity index is 0.00000130. The molecule has 0 aliphatic carbocycles. The van der Waals surface area contributed by atoms with E-state index >= 15 is 0 Å². The van der Waals surface area contributed by atoms with Crippen LogP contribution in [0.5, 0.6) is 11.5 Å². The van der Waals surface area contributed by atoms with Gasteiger partial charge in [0.2, 0.25) is 0 Å². The second kappa shape index (κ2) is 29.9. The molecule has 6 aromatic rings. The smallest absolute Gasteiger partial charge is 0.872 e. The van der Waals surface area contributed by atoms with Crippen molar-refractivity contribution >= 4 is 12.4 Å². The van der Waals surface area contributed by atoms with Gasteiger partial charge in [0.1, 0.15) is 13.1 Å². The summed E-state index contributed by atoms with van der Waals surface area (Å²) in [6, 6.07) is 40.1. The Labute approximate surface area is 387 Å². The molecule has 6 rings (SSSR count). The van der Waals surface area contributed by atoms with Crippen LogP contribution < -0.4 is 33.7 Å². The van der Waals surface area contributed by atoms with Gasteiger partial charge in [-0.15, -0.1) is 10.2 Å². The molecule has 0 radical (unpaired) electrons. The minimum absolute atomic E-state index is 0. The number of aromatic nitrogens is 2. The maximum Gasteiger partial charge on any atom is 2.00 e. The van der Waals surface area contributed by atoms with Gasteiger partial charge in [0.15, 0.2) is 0 Å². The van der Waals surface area contributed by atoms with E-state index in [1.165, 1.54) is 16.0 Å². The first-order valence-corrected chi connectivity index (χ1v) is 21.2. The predicted octanol–water partition coefficient (Wildman–Crippen LogP) is 0.225. The molecule has 4 aromatic carbocycles. The van der Waals surface area contributed by atoms with Crippen LogP contribution in [0.15, 0.2) is 144 Å². The number of hydrogen-bond acceptors (Lipinski definition) is 13. The molecule has 0 fully saturated rings. The average Bonchev–Trinajstić information content (AvgIpc) is 3.28. The van der Waals surface area contributed by atoms with Gasteiger partial charge in [0.25, 0.3) is 0 Å². The summed E-state index contributed by atoms with van der Waals surface area (Å²) in [6.07, 6.45) is 6.86. The van der Waals surface area contributed by atoms with Crippen LogP contribution in [0.2, 0.25) is 0 Å². The van der Waals surface area contributed by atoms with E-state index in [1.54, 1.807) is 24.8 Å². The molecule has 1 atom stereocenters. The van der Waals surface area contributed by atoms with E-state index in [1.807, 2.05) is 98.8 Å². The van der Waals surface area contributed by atoms with Crippen LogP contribution >= 0.6 is 0 Å². The normalized spacial score (nSPS) is 11.4. The molecule has 0 saturated heterocycles.